The van der Waals surface area contributed by atoms with Crippen molar-refractivity contribution in [2.24, 2.45) is 15.9 Å². The molecule has 1 unspecified atom stereocenters. The van der Waals surface area contributed by atoms with Crippen LogP contribution in [0.25, 0.3) is 0 Å². The SMILES string of the molecule is NC1=NN=C(N2CCC(N3CCCCC3Cc3ccc(Cl)cc3)CC2)C1. The third-order valence-corrected chi connectivity index (χ3v) is 6.24. The molecule has 1 aromatic rings. The summed E-state index contributed by atoms with van der Waals surface area (Å²) >= 11 is 6.04. The minimum Gasteiger partial charge on any atom is -0.385 e. The monoisotopic (exact) mass is 373 g/mol. The lowest BCUT2D eigenvalue weighted by Crippen LogP contribution is -2.52. The number of nitrogens with zero attached hydrogens (tertiary/aromatic N) is 4. The van der Waals surface area contributed by atoms with Crippen molar-refractivity contribution in [2.75, 3.05) is 19.6 Å². The number of nitrogens with two attached hydrogens (primary N) is 1. The van der Waals surface area contributed by atoms with Crippen LogP contribution in [0, 0.1) is 0 Å². The van der Waals surface area contributed by atoms with Crippen LogP contribution >= 0.6 is 11.6 Å². The first-order chi connectivity index (χ1) is 12.7. The highest BCUT2D eigenvalue weighted by Gasteiger charge is 2.32. The van der Waals surface area contributed by atoms with Gasteiger partial charge < -0.3 is 10.6 Å². The molecule has 3 heterocycles. The van der Waals surface area contributed by atoms with Crippen molar-refractivity contribution < 1.29 is 0 Å². The van der Waals surface area contributed by atoms with E-state index in [-0.39, 0.29) is 0 Å². The zero-order valence-electron chi connectivity index (χ0n) is 15.3. The Labute approximate surface area is 160 Å². The Morgan fingerprint density at radius 2 is 1.77 bits per heavy atom. The van der Waals surface area contributed by atoms with Crippen molar-refractivity contribution in [3.63, 3.8) is 0 Å². The van der Waals surface area contributed by atoms with E-state index >= 15 is 0 Å². The predicted molar refractivity (Wildman–Crippen MR) is 108 cm³/mol. The van der Waals surface area contributed by atoms with E-state index in [0.717, 1.165) is 30.4 Å². The predicted octanol–water partition coefficient (Wildman–Crippen LogP) is 3.28. The van der Waals surface area contributed by atoms with Crippen LogP contribution in [-0.2, 0) is 6.42 Å². The molecule has 0 aromatic heterocycles. The van der Waals surface area contributed by atoms with Crippen LogP contribution in [0.2, 0.25) is 5.02 Å². The van der Waals surface area contributed by atoms with Gasteiger partial charge in [0.05, 0.1) is 6.42 Å². The second-order valence-corrected chi connectivity index (χ2v) is 8.16. The van der Waals surface area contributed by atoms with Gasteiger partial charge in [0.1, 0.15) is 11.7 Å². The minimum atomic E-state index is 0.640. The van der Waals surface area contributed by atoms with E-state index in [4.69, 9.17) is 17.3 Å². The standard InChI is InChI=1S/C20H28ClN5/c21-16-6-4-15(5-7-16)13-18-3-1-2-10-26(18)17-8-11-25(12-9-17)20-14-19(22)23-24-20/h4-7,17-18H,1-3,8-14H2,(H2,22,23). The quantitative estimate of drug-likeness (QED) is 0.884. The molecule has 2 N–H and O–H groups in total. The number of hydrogen-bond donors (Lipinski definition) is 1. The summed E-state index contributed by atoms with van der Waals surface area (Å²) in [4.78, 5) is 5.16. The van der Waals surface area contributed by atoms with E-state index in [2.05, 4.69) is 32.1 Å². The molecule has 0 amide bonds. The van der Waals surface area contributed by atoms with Crippen LogP contribution < -0.4 is 5.73 Å². The maximum atomic E-state index is 6.04. The maximum Gasteiger partial charge on any atom is 0.135 e. The van der Waals surface area contributed by atoms with Crippen LogP contribution in [0.5, 0.6) is 0 Å². The normalized spacial score (nSPS) is 25.3. The van der Waals surface area contributed by atoms with Crippen LogP contribution in [0.4, 0.5) is 0 Å². The van der Waals surface area contributed by atoms with Gasteiger partial charge in [-0.05, 0) is 56.3 Å². The molecule has 0 radical (unpaired) electrons. The fourth-order valence-corrected chi connectivity index (χ4v) is 4.73. The lowest BCUT2D eigenvalue weighted by Gasteiger charge is -2.45. The molecule has 6 heteroatoms. The van der Waals surface area contributed by atoms with E-state index < -0.39 is 0 Å². The average Bonchev–Trinajstić information content (AvgIpc) is 3.11. The van der Waals surface area contributed by atoms with E-state index in [1.54, 1.807) is 0 Å². The number of likely N-dealkylation sites (tertiary alicyclic amines) is 2. The Morgan fingerprint density at radius 1 is 1.00 bits per heavy atom. The summed E-state index contributed by atoms with van der Waals surface area (Å²) in [6.07, 6.45) is 8.24. The fourth-order valence-electron chi connectivity index (χ4n) is 4.60. The Balaban J connectivity index is 1.35. The largest absolute Gasteiger partial charge is 0.385 e. The topological polar surface area (TPSA) is 57.2 Å². The second-order valence-electron chi connectivity index (χ2n) is 7.72. The van der Waals surface area contributed by atoms with Crippen molar-refractivity contribution in [2.45, 2.75) is 57.0 Å². The first kappa shape index (κ1) is 17.8. The van der Waals surface area contributed by atoms with Gasteiger partial charge in [0.15, 0.2) is 0 Å². The summed E-state index contributed by atoms with van der Waals surface area (Å²) in [6, 6.07) is 9.73. The maximum absolute atomic E-state index is 6.04. The Hall–Kier alpha value is -1.59. The van der Waals surface area contributed by atoms with Crippen molar-refractivity contribution in [1.82, 2.24) is 9.80 Å². The van der Waals surface area contributed by atoms with Crippen LogP contribution in [0.3, 0.4) is 0 Å². The molecule has 3 aliphatic rings. The third-order valence-electron chi connectivity index (χ3n) is 5.99. The summed E-state index contributed by atoms with van der Waals surface area (Å²) in [5, 5.41) is 9.05. The molecule has 3 aliphatic heterocycles. The highest BCUT2D eigenvalue weighted by atomic mass is 35.5. The highest BCUT2D eigenvalue weighted by Crippen LogP contribution is 2.28. The lowest BCUT2D eigenvalue weighted by molar-refractivity contribution is 0.0631. The molecule has 2 saturated heterocycles. The van der Waals surface area contributed by atoms with Gasteiger partial charge >= 0.3 is 0 Å². The molecule has 0 saturated carbocycles. The summed E-state index contributed by atoms with van der Waals surface area (Å²) in [6.45, 7) is 3.37. The highest BCUT2D eigenvalue weighted by molar-refractivity contribution is 6.30. The van der Waals surface area contributed by atoms with Gasteiger partial charge in [-0.1, -0.05) is 30.2 Å². The number of benzene rings is 1. The Morgan fingerprint density at radius 3 is 2.46 bits per heavy atom. The first-order valence-corrected chi connectivity index (χ1v) is 10.2. The van der Waals surface area contributed by atoms with Crippen LogP contribution in [0.1, 0.15) is 44.1 Å². The van der Waals surface area contributed by atoms with Crippen molar-refractivity contribution >= 4 is 23.3 Å². The second kappa shape index (κ2) is 7.97. The van der Waals surface area contributed by atoms with E-state index in [0.29, 0.717) is 24.3 Å². The lowest BCUT2D eigenvalue weighted by atomic mass is 9.91. The molecule has 2 fully saturated rings. The zero-order valence-corrected chi connectivity index (χ0v) is 16.0. The molecule has 4 rings (SSSR count). The average molecular weight is 374 g/mol. The molecule has 5 nitrogen and oxygen atoms in total. The summed E-state index contributed by atoms with van der Waals surface area (Å²) in [5.41, 5.74) is 7.17. The number of amidine groups is 2. The summed E-state index contributed by atoms with van der Waals surface area (Å²) in [7, 11) is 0. The summed E-state index contributed by atoms with van der Waals surface area (Å²) in [5.74, 6) is 1.69. The molecule has 0 bridgehead atoms. The van der Waals surface area contributed by atoms with E-state index in [1.807, 2.05) is 12.1 Å². The number of rotatable bonds is 3. The minimum absolute atomic E-state index is 0.640. The first-order valence-electron chi connectivity index (χ1n) is 9.83. The summed E-state index contributed by atoms with van der Waals surface area (Å²) < 4.78 is 0. The van der Waals surface area contributed by atoms with Gasteiger partial charge in [-0.15, -0.1) is 10.2 Å². The molecule has 140 valence electrons. The van der Waals surface area contributed by atoms with Gasteiger partial charge in [0, 0.05) is 30.2 Å². The number of halogens is 1. The number of piperidine rings is 2. The van der Waals surface area contributed by atoms with E-state index in [9.17, 15) is 0 Å². The molecule has 0 spiro atoms. The van der Waals surface area contributed by atoms with Gasteiger partial charge in [-0.25, -0.2) is 0 Å². The molecule has 1 aromatic carbocycles. The fraction of sp³-hybridized carbons (Fsp3) is 0.600. The van der Waals surface area contributed by atoms with E-state index in [1.165, 1.54) is 44.2 Å². The zero-order chi connectivity index (χ0) is 17.9. The van der Waals surface area contributed by atoms with Crippen LogP contribution in [0.15, 0.2) is 34.5 Å². The van der Waals surface area contributed by atoms with Gasteiger partial charge in [-0.3, -0.25) is 4.90 Å². The van der Waals surface area contributed by atoms with Gasteiger partial charge in [0.25, 0.3) is 0 Å². The number of hydrogen-bond acceptors (Lipinski definition) is 5. The Bertz CT molecular complexity index is 676. The molecule has 1 atom stereocenters. The third kappa shape index (κ3) is 4.04. The molecular formula is C20H28ClN5. The van der Waals surface area contributed by atoms with Gasteiger partial charge in [0.2, 0.25) is 0 Å². The van der Waals surface area contributed by atoms with Gasteiger partial charge in [-0.2, -0.15) is 0 Å². The van der Waals surface area contributed by atoms with Crippen molar-refractivity contribution in [3.05, 3.63) is 34.9 Å². The Kier molecular flexibility index (Phi) is 5.46. The van der Waals surface area contributed by atoms with Crippen molar-refractivity contribution in [3.8, 4) is 0 Å². The molecular weight excluding hydrogens is 346 g/mol. The van der Waals surface area contributed by atoms with Crippen molar-refractivity contribution in [1.29, 1.82) is 0 Å². The van der Waals surface area contributed by atoms with Crippen LogP contribution in [-0.4, -0.2) is 53.2 Å². The smallest absolute Gasteiger partial charge is 0.135 e. The molecule has 26 heavy (non-hydrogen) atoms. The molecule has 0 aliphatic carbocycles.